The zero-order chi connectivity index (χ0) is 15.4. The van der Waals surface area contributed by atoms with E-state index in [0.29, 0.717) is 19.5 Å². The Bertz CT molecular complexity index is 380. The van der Waals surface area contributed by atoms with Crippen molar-refractivity contribution in [2.45, 2.75) is 52.0 Å². The fourth-order valence-corrected chi connectivity index (χ4v) is 3.07. The molecule has 0 aromatic heterocycles. The second-order valence-corrected chi connectivity index (χ2v) is 6.60. The highest BCUT2D eigenvalue weighted by atomic mass is 16.3. The van der Waals surface area contributed by atoms with Gasteiger partial charge in [-0.3, -0.25) is 9.59 Å². The summed E-state index contributed by atoms with van der Waals surface area (Å²) in [5.74, 6) is 0.558. The average molecular weight is 296 g/mol. The molecule has 1 N–H and O–H groups in total. The van der Waals surface area contributed by atoms with Crippen LogP contribution >= 0.6 is 0 Å². The summed E-state index contributed by atoms with van der Waals surface area (Å²) in [5.41, 5.74) is 0. The number of carbonyl (C=O) groups is 2. The van der Waals surface area contributed by atoms with E-state index in [1.165, 1.54) is 0 Å². The van der Waals surface area contributed by atoms with Crippen molar-refractivity contribution in [3.05, 3.63) is 0 Å². The predicted molar refractivity (Wildman–Crippen MR) is 80.6 cm³/mol. The number of hydrogen-bond donors (Lipinski definition) is 1. The smallest absolute Gasteiger partial charge is 0.227 e. The van der Waals surface area contributed by atoms with E-state index in [-0.39, 0.29) is 36.3 Å². The van der Waals surface area contributed by atoms with E-state index in [2.05, 4.69) is 0 Å². The highest BCUT2D eigenvalue weighted by Gasteiger charge is 2.37. The minimum absolute atomic E-state index is 0.0671. The summed E-state index contributed by atoms with van der Waals surface area (Å²) in [4.78, 5) is 28.6. The molecule has 0 spiro atoms. The summed E-state index contributed by atoms with van der Waals surface area (Å²) in [6.45, 7) is 6.10. The Morgan fingerprint density at radius 2 is 1.95 bits per heavy atom. The molecule has 21 heavy (non-hydrogen) atoms. The lowest BCUT2D eigenvalue weighted by atomic mass is 9.95. The number of rotatable bonds is 6. The molecule has 120 valence electrons. The van der Waals surface area contributed by atoms with Gasteiger partial charge in [-0.2, -0.15) is 0 Å². The molecular weight excluding hydrogens is 268 g/mol. The van der Waals surface area contributed by atoms with E-state index < -0.39 is 0 Å². The Morgan fingerprint density at radius 1 is 1.24 bits per heavy atom. The normalized spacial score (nSPS) is 22.5. The molecule has 5 heteroatoms. The van der Waals surface area contributed by atoms with E-state index in [1.54, 1.807) is 0 Å². The number of likely N-dealkylation sites (tertiary alicyclic amines) is 1. The molecule has 0 radical (unpaired) electrons. The number of piperidine rings is 1. The maximum atomic E-state index is 12.7. The van der Waals surface area contributed by atoms with Gasteiger partial charge >= 0.3 is 0 Å². The fourth-order valence-electron chi connectivity index (χ4n) is 3.07. The van der Waals surface area contributed by atoms with Gasteiger partial charge in [0.15, 0.2) is 0 Å². The van der Waals surface area contributed by atoms with Crippen LogP contribution in [0.3, 0.4) is 0 Å². The fraction of sp³-hybridized carbons (Fsp3) is 0.875. The number of carbonyl (C=O) groups excluding carboxylic acids is 2. The van der Waals surface area contributed by atoms with Crippen LogP contribution in [0.1, 0.15) is 46.0 Å². The summed E-state index contributed by atoms with van der Waals surface area (Å²) in [7, 11) is 0. The minimum Gasteiger partial charge on any atom is -0.396 e. The van der Waals surface area contributed by atoms with E-state index in [9.17, 15) is 9.59 Å². The maximum absolute atomic E-state index is 12.7. The van der Waals surface area contributed by atoms with Crippen molar-refractivity contribution in [1.29, 1.82) is 0 Å². The summed E-state index contributed by atoms with van der Waals surface area (Å²) >= 11 is 0. The van der Waals surface area contributed by atoms with Crippen LogP contribution in [0, 0.1) is 11.8 Å². The van der Waals surface area contributed by atoms with Gasteiger partial charge < -0.3 is 14.9 Å². The van der Waals surface area contributed by atoms with Gasteiger partial charge in [-0.25, -0.2) is 0 Å². The number of aliphatic hydroxyl groups is 1. The second kappa shape index (κ2) is 7.25. The molecule has 0 aromatic rings. The quantitative estimate of drug-likeness (QED) is 0.802. The van der Waals surface area contributed by atoms with Gasteiger partial charge in [0.05, 0.1) is 5.92 Å². The van der Waals surface area contributed by atoms with Gasteiger partial charge in [-0.05, 0) is 46.0 Å². The average Bonchev–Trinajstić information content (AvgIpc) is 3.31. The zero-order valence-electron chi connectivity index (χ0n) is 13.3. The standard InChI is InChI=1S/C16H28N2O3/c1-12(2)18(9-4-10-19)16(21)14-5-3-8-17(11-14)15(20)13-6-7-13/h12-14,19H,3-11H2,1-2H3. The maximum Gasteiger partial charge on any atom is 0.227 e. The molecule has 2 rings (SSSR count). The van der Waals surface area contributed by atoms with Crippen molar-refractivity contribution >= 4 is 11.8 Å². The Kier molecular flexibility index (Phi) is 5.62. The van der Waals surface area contributed by atoms with Gasteiger partial charge in [0.2, 0.25) is 11.8 Å². The SMILES string of the molecule is CC(C)N(CCCO)C(=O)C1CCCN(C(=O)C2CC2)C1. The molecule has 1 atom stereocenters. The Balaban J connectivity index is 1.94. The van der Waals surface area contributed by atoms with Crippen LogP contribution in [0.4, 0.5) is 0 Å². The van der Waals surface area contributed by atoms with E-state index in [1.807, 2.05) is 23.6 Å². The first-order valence-corrected chi connectivity index (χ1v) is 8.24. The van der Waals surface area contributed by atoms with Crippen LogP contribution in [0.25, 0.3) is 0 Å². The van der Waals surface area contributed by atoms with Gasteiger partial charge in [0, 0.05) is 38.2 Å². The first kappa shape index (κ1) is 16.3. The lowest BCUT2D eigenvalue weighted by molar-refractivity contribution is -0.142. The lowest BCUT2D eigenvalue weighted by Gasteiger charge is -2.36. The molecular formula is C16H28N2O3. The van der Waals surface area contributed by atoms with Gasteiger partial charge in [0.25, 0.3) is 0 Å². The largest absolute Gasteiger partial charge is 0.396 e. The van der Waals surface area contributed by atoms with Crippen LogP contribution in [-0.4, -0.2) is 59.0 Å². The topological polar surface area (TPSA) is 60.9 Å². The van der Waals surface area contributed by atoms with E-state index in [4.69, 9.17) is 5.11 Å². The van der Waals surface area contributed by atoms with Crippen molar-refractivity contribution in [1.82, 2.24) is 9.80 Å². The second-order valence-electron chi connectivity index (χ2n) is 6.60. The highest BCUT2D eigenvalue weighted by molar-refractivity contribution is 5.83. The molecule has 1 saturated carbocycles. The molecule has 1 unspecified atom stereocenters. The molecule has 5 nitrogen and oxygen atoms in total. The molecule has 1 saturated heterocycles. The first-order valence-electron chi connectivity index (χ1n) is 8.24. The third-order valence-corrected chi connectivity index (χ3v) is 4.47. The van der Waals surface area contributed by atoms with Crippen LogP contribution in [-0.2, 0) is 9.59 Å². The first-order chi connectivity index (χ1) is 10.0. The summed E-state index contributed by atoms with van der Waals surface area (Å²) in [5, 5.41) is 8.98. The molecule has 0 aromatic carbocycles. The number of nitrogens with zero attached hydrogens (tertiary/aromatic N) is 2. The zero-order valence-corrected chi connectivity index (χ0v) is 13.3. The number of hydrogen-bond acceptors (Lipinski definition) is 3. The van der Waals surface area contributed by atoms with Gasteiger partial charge in [0.1, 0.15) is 0 Å². The third-order valence-electron chi connectivity index (χ3n) is 4.47. The van der Waals surface area contributed by atoms with Crippen LogP contribution in [0.15, 0.2) is 0 Å². The molecule has 1 aliphatic carbocycles. The van der Waals surface area contributed by atoms with Gasteiger partial charge in [-0.1, -0.05) is 0 Å². The van der Waals surface area contributed by atoms with Crippen molar-refractivity contribution in [3.8, 4) is 0 Å². The highest BCUT2D eigenvalue weighted by Crippen LogP contribution is 2.32. The van der Waals surface area contributed by atoms with Crippen molar-refractivity contribution < 1.29 is 14.7 Å². The van der Waals surface area contributed by atoms with Crippen LogP contribution < -0.4 is 0 Å². The lowest BCUT2D eigenvalue weighted by Crippen LogP contribution is -2.49. The Hall–Kier alpha value is -1.10. The molecule has 0 bridgehead atoms. The minimum atomic E-state index is -0.0671. The third kappa shape index (κ3) is 4.19. The van der Waals surface area contributed by atoms with Crippen LogP contribution in [0.2, 0.25) is 0 Å². The monoisotopic (exact) mass is 296 g/mol. The van der Waals surface area contributed by atoms with Crippen molar-refractivity contribution in [2.75, 3.05) is 26.2 Å². The molecule has 1 aliphatic heterocycles. The number of aliphatic hydroxyl groups excluding tert-OH is 1. The Labute approximate surface area is 127 Å². The van der Waals surface area contributed by atoms with Crippen molar-refractivity contribution in [2.24, 2.45) is 11.8 Å². The van der Waals surface area contributed by atoms with Gasteiger partial charge in [-0.15, -0.1) is 0 Å². The molecule has 2 fully saturated rings. The van der Waals surface area contributed by atoms with Crippen molar-refractivity contribution in [3.63, 3.8) is 0 Å². The molecule has 2 amide bonds. The summed E-state index contributed by atoms with van der Waals surface area (Å²) < 4.78 is 0. The van der Waals surface area contributed by atoms with E-state index >= 15 is 0 Å². The summed E-state index contributed by atoms with van der Waals surface area (Å²) in [6, 6.07) is 0.138. The van der Waals surface area contributed by atoms with Crippen LogP contribution in [0.5, 0.6) is 0 Å². The predicted octanol–water partition coefficient (Wildman–Crippen LogP) is 1.25. The number of amides is 2. The molecule has 2 aliphatic rings. The summed E-state index contributed by atoms with van der Waals surface area (Å²) in [6.07, 6.45) is 4.43. The Morgan fingerprint density at radius 3 is 2.52 bits per heavy atom. The molecule has 1 heterocycles. The van der Waals surface area contributed by atoms with E-state index in [0.717, 1.165) is 32.2 Å².